The average molecular weight is 489 g/mol. The smallest absolute Gasteiger partial charge is 0.259 e. The Bertz CT molecular complexity index is 1710. The standard InChI is InChI=1S/C28H20N6OS/c1-18-22(16-30-34(18)26-13-12-19-7-2-3-10-23(19)32-26)27(35)31-21-9-6-8-20(15-21)25-17-36-28(33-25)24-11-4-5-14-29-24/h2-17H,1H3,(H,31,35). The van der Waals surface area contributed by atoms with Gasteiger partial charge in [-0.2, -0.15) is 5.10 Å². The highest BCUT2D eigenvalue weighted by molar-refractivity contribution is 7.13. The molecule has 0 saturated carbocycles. The largest absolute Gasteiger partial charge is 0.322 e. The Hall–Kier alpha value is -4.69. The van der Waals surface area contributed by atoms with Gasteiger partial charge in [-0.3, -0.25) is 9.78 Å². The third kappa shape index (κ3) is 4.14. The van der Waals surface area contributed by atoms with Crippen molar-refractivity contribution in [1.29, 1.82) is 0 Å². The zero-order valence-corrected chi connectivity index (χ0v) is 20.1. The van der Waals surface area contributed by atoms with E-state index in [-0.39, 0.29) is 5.91 Å². The highest BCUT2D eigenvalue weighted by atomic mass is 32.1. The predicted octanol–water partition coefficient (Wildman–Crippen LogP) is 6.17. The van der Waals surface area contributed by atoms with Crippen molar-refractivity contribution in [2.45, 2.75) is 6.92 Å². The van der Waals surface area contributed by atoms with Gasteiger partial charge in [0.15, 0.2) is 5.82 Å². The van der Waals surface area contributed by atoms with Crippen LogP contribution in [0.5, 0.6) is 0 Å². The normalized spacial score (nSPS) is 11.0. The van der Waals surface area contributed by atoms with Gasteiger partial charge in [-0.05, 0) is 49.4 Å². The first-order valence-corrected chi connectivity index (χ1v) is 12.2. The monoisotopic (exact) mass is 488 g/mol. The number of aromatic nitrogens is 5. The minimum absolute atomic E-state index is 0.232. The predicted molar refractivity (Wildman–Crippen MR) is 142 cm³/mol. The average Bonchev–Trinajstić information content (AvgIpc) is 3.56. The van der Waals surface area contributed by atoms with E-state index in [1.54, 1.807) is 17.1 Å². The molecule has 0 unspecified atom stereocenters. The van der Waals surface area contributed by atoms with E-state index in [4.69, 9.17) is 9.97 Å². The quantitative estimate of drug-likeness (QED) is 0.314. The number of hydrogen-bond donors (Lipinski definition) is 1. The van der Waals surface area contributed by atoms with Gasteiger partial charge in [0.1, 0.15) is 5.01 Å². The maximum absolute atomic E-state index is 13.1. The number of carbonyl (C=O) groups is 1. The molecule has 1 amide bonds. The third-order valence-corrected chi connectivity index (χ3v) is 6.72. The number of pyridine rings is 2. The highest BCUT2D eigenvalue weighted by Crippen LogP contribution is 2.29. The minimum Gasteiger partial charge on any atom is -0.322 e. The Balaban J connectivity index is 1.23. The second kappa shape index (κ2) is 9.16. The molecule has 4 heterocycles. The molecule has 0 aliphatic carbocycles. The molecule has 0 saturated heterocycles. The van der Waals surface area contributed by atoms with Crippen LogP contribution in [0.1, 0.15) is 16.1 Å². The van der Waals surface area contributed by atoms with E-state index in [2.05, 4.69) is 15.4 Å². The molecule has 0 fully saturated rings. The topological polar surface area (TPSA) is 85.6 Å². The zero-order chi connectivity index (χ0) is 24.5. The molecule has 6 aromatic rings. The van der Waals surface area contributed by atoms with Gasteiger partial charge < -0.3 is 5.32 Å². The van der Waals surface area contributed by atoms with E-state index >= 15 is 0 Å². The number of rotatable bonds is 5. The van der Waals surface area contributed by atoms with Crippen LogP contribution < -0.4 is 5.32 Å². The van der Waals surface area contributed by atoms with Crippen LogP contribution in [0.2, 0.25) is 0 Å². The fraction of sp³-hybridized carbons (Fsp3) is 0.0357. The van der Waals surface area contributed by atoms with Crippen LogP contribution in [0.4, 0.5) is 5.69 Å². The molecule has 0 aliphatic heterocycles. The van der Waals surface area contributed by atoms with E-state index in [0.29, 0.717) is 22.8 Å². The fourth-order valence-electron chi connectivity index (χ4n) is 4.00. The number of amides is 1. The number of hydrogen-bond acceptors (Lipinski definition) is 6. The lowest BCUT2D eigenvalue weighted by atomic mass is 10.1. The van der Waals surface area contributed by atoms with Gasteiger partial charge in [-0.1, -0.05) is 36.4 Å². The Labute approximate surface area is 211 Å². The molecule has 4 aromatic heterocycles. The summed E-state index contributed by atoms with van der Waals surface area (Å²) in [4.78, 5) is 26.9. The van der Waals surface area contributed by atoms with Gasteiger partial charge in [0.05, 0.1) is 34.4 Å². The van der Waals surface area contributed by atoms with Crippen LogP contribution >= 0.6 is 11.3 Å². The SMILES string of the molecule is Cc1c(C(=O)Nc2cccc(-c3csc(-c4ccccn4)n3)c2)cnn1-c1ccc2ccccc2n1. The Morgan fingerprint density at radius 3 is 2.69 bits per heavy atom. The van der Waals surface area contributed by atoms with Crippen molar-refractivity contribution in [2.75, 3.05) is 5.32 Å². The number of para-hydroxylation sites is 1. The number of thiazole rings is 1. The molecular formula is C28H20N6OS. The van der Waals surface area contributed by atoms with E-state index in [1.807, 2.05) is 91.2 Å². The molecule has 36 heavy (non-hydrogen) atoms. The summed E-state index contributed by atoms with van der Waals surface area (Å²) < 4.78 is 1.69. The summed E-state index contributed by atoms with van der Waals surface area (Å²) in [7, 11) is 0. The maximum atomic E-state index is 13.1. The number of nitrogens with zero attached hydrogens (tertiary/aromatic N) is 5. The lowest BCUT2D eigenvalue weighted by molar-refractivity contribution is 0.102. The summed E-state index contributed by atoms with van der Waals surface area (Å²) in [6.45, 7) is 1.86. The van der Waals surface area contributed by atoms with Crippen LogP contribution in [0.25, 0.3) is 38.7 Å². The van der Waals surface area contributed by atoms with E-state index in [9.17, 15) is 4.79 Å². The number of carbonyl (C=O) groups excluding carboxylic acids is 1. The maximum Gasteiger partial charge on any atom is 0.259 e. The molecular weight excluding hydrogens is 468 g/mol. The summed E-state index contributed by atoms with van der Waals surface area (Å²) in [5.41, 5.74) is 5.35. The first-order valence-electron chi connectivity index (χ1n) is 11.4. The first kappa shape index (κ1) is 21.8. The number of benzene rings is 2. The van der Waals surface area contributed by atoms with E-state index < -0.39 is 0 Å². The van der Waals surface area contributed by atoms with Crippen molar-refractivity contribution >= 4 is 33.8 Å². The van der Waals surface area contributed by atoms with Crippen molar-refractivity contribution in [2.24, 2.45) is 0 Å². The number of fused-ring (bicyclic) bond motifs is 1. The minimum atomic E-state index is -0.232. The summed E-state index contributed by atoms with van der Waals surface area (Å²) in [5.74, 6) is 0.434. The Morgan fingerprint density at radius 1 is 0.917 bits per heavy atom. The summed E-state index contributed by atoms with van der Waals surface area (Å²) >= 11 is 1.54. The molecule has 0 spiro atoms. The van der Waals surface area contributed by atoms with Crippen molar-refractivity contribution in [3.8, 4) is 27.8 Å². The number of nitrogens with one attached hydrogen (secondary N) is 1. The van der Waals surface area contributed by atoms with Gasteiger partial charge in [0.25, 0.3) is 5.91 Å². The highest BCUT2D eigenvalue weighted by Gasteiger charge is 2.17. The second-order valence-corrected chi connectivity index (χ2v) is 9.06. The van der Waals surface area contributed by atoms with Crippen LogP contribution in [0.3, 0.4) is 0 Å². The van der Waals surface area contributed by atoms with Crippen molar-refractivity contribution in [3.05, 3.63) is 108 Å². The Kier molecular flexibility index (Phi) is 5.55. The lowest BCUT2D eigenvalue weighted by Crippen LogP contribution is -2.13. The molecule has 7 nitrogen and oxygen atoms in total. The van der Waals surface area contributed by atoms with Crippen molar-refractivity contribution in [1.82, 2.24) is 24.7 Å². The molecule has 0 bridgehead atoms. The van der Waals surface area contributed by atoms with Crippen LogP contribution in [-0.4, -0.2) is 30.6 Å². The van der Waals surface area contributed by atoms with Gasteiger partial charge >= 0.3 is 0 Å². The molecule has 2 aromatic carbocycles. The molecule has 174 valence electrons. The summed E-state index contributed by atoms with van der Waals surface area (Å²) in [6.07, 6.45) is 3.33. The summed E-state index contributed by atoms with van der Waals surface area (Å²) in [5, 5.41) is 11.3. The fourth-order valence-corrected chi connectivity index (χ4v) is 4.81. The molecule has 8 heteroatoms. The van der Waals surface area contributed by atoms with E-state index in [1.165, 1.54) is 11.3 Å². The third-order valence-electron chi connectivity index (χ3n) is 5.86. The van der Waals surface area contributed by atoms with Gasteiger partial charge in [0.2, 0.25) is 0 Å². The first-order chi connectivity index (χ1) is 17.7. The van der Waals surface area contributed by atoms with Gasteiger partial charge in [-0.25, -0.2) is 14.6 Å². The van der Waals surface area contributed by atoms with Gasteiger partial charge in [0, 0.05) is 28.2 Å². The molecule has 1 N–H and O–H groups in total. The summed E-state index contributed by atoms with van der Waals surface area (Å²) in [6, 6.07) is 25.2. The van der Waals surface area contributed by atoms with Crippen LogP contribution in [0.15, 0.2) is 96.6 Å². The van der Waals surface area contributed by atoms with Gasteiger partial charge in [-0.15, -0.1) is 11.3 Å². The van der Waals surface area contributed by atoms with Crippen LogP contribution in [0, 0.1) is 6.92 Å². The molecule has 0 atom stereocenters. The lowest BCUT2D eigenvalue weighted by Gasteiger charge is -2.08. The van der Waals surface area contributed by atoms with E-state index in [0.717, 1.165) is 32.9 Å². The molecule has 0 radical (unpaired) electrons. The molecule has 0 aliphatic rings. The van der Waals surface area contributed by atoms with Crippen molar-refractivity contribution < 1.29 is 4.79 Å². The van der Waals surface area contributed by atoms with Crippen molar-refractivity contribution in [3.63, 3.8) is 0 Å². The zero-order valence-electron chi connectivity index (χ0n) is 19.3. The Morgan fingerprint density at radius 2 is 1.81 bits per heavy atom. The number of anilines is 1. The second-order valence-electron chi connectivity index (χ2n) is 8.21. The van der Waals surface area contributed by atoms with Crippen LogP contribution in [-0.2, 0) is 0 Å². The molecule has 6 rings (SSSR count).